The summed E-state index contributed by atoms with van der Waals surface area (Å²) in [5, 5.41) is 0. The van der Waals surface area contributed by atoms with Crippen LogP contribution in [-0.4, -0.2) is 19.8 Å². The van der Waals surface area contributed by atoms with Crippen LogP contribution < -0.4 is 5.90 Å². The van der Waals surface area contributed by atoms with Crippen LogP contribution in [0.25, 0.3) is 0 Å². The van der Waals surface area contributed by atoms with E-state index in [0.29, 0.717) is 12.5 Å². The molecule has 0 saturated carbocycles. The first-order chi connectivity index (χ1) is 6.92. The normalized spacial score (nSPS) is 16.6. The molecule has 1 aliphatic heterocycles. The highest BCUT2D eigenvalue weighted by Gasteiger charge is 2.22. The molecule has 76 valence electrons. The van der Waals surface area contributed by atoms with Gasteiger partial charge in [-0.25, -0.2) is 5.90 Å². The van der Waals surface area contributed by atoms with Crippen LogP contribution in [0.5, 0.6) is 0 Å². The van der Waals surface area contributed by atoms with Gasteiger partial charge < -0.3 is 9.57 Å². The Morgan fingerprint density at radius 1 is 1.36 bits per heavy atom. The highest BCUT2D eigenvalue weighted by atomic mass is 16.6. The van der Waals surface area contributed by atoms with Crippen molar-refractivity contribution in [3.8, 4) is 0 Å². The second kappa shape index (κ2) is 4.55. The first-order valence-corrected chi connectivity index (χ1v) is 4.89. The summed E-state index contributed by atoms with van der Waals surface area (Å²) in [6.07, 6.45) is 0.878. The fourth-order valence-corrected chi connectivity index (χ4v) is 1.74. The summed E-state index contributed by atoms with van der Waals surface area (Å²) >= 11 is 0. The summed E-state index contributed by atoms with van der Waals surface area (Å²) in [6, 6.07) is 8.42. The molecular formula is C11H15NO2. The van der Waals surface area contributed by atoms with Gasteiger partial charge in [0, 0.05) is 5.92 Å². The third-order valence-corrected chi connectivity index (χ3v) is 2.62. The van der Waals surface area contributed by atoms with Gasteiger partial charge in [-0.3, -0.25) is 0 Å². The number of hydrogen-bond donors (Lipinski definition) is 1. The second-order valence-corrected chi connectivity index (χ2v) is 3.55. The minimum Gasteiger partial charge on any atom is -0.380 e. The van der Waals surface area contributed by atoms with Crippen LogP contribution in [0, 0.1) is 0 Å². The molecular weight excluding hydrogens is 178 g/mol. The number of ether oxygens (including phenoxy) is 1. The number of hydrogen-bond acceptors (Lipinski definition) is 3. The smallest absolute Gasteiger partial charge is 0.0719 e. The zero-order valence-corrected chi connectivity index (χ0v) is 8.11. The molecule has 14 heavy (non-hydrogen) atoms. The van der Waals surface area contributed by atoms with Gasteiger partial charge in [0.05, 0.1) is 19.8 Å². The second-order valence-electron chi connectivity index (χ2n) is 3.55. The molecule has 0 spiro atoms. The maximum Gasteiger partial charge on any atom is 0.0719 e. The molecule has 1 saturated heterocycles. The largest absolute Gasteiger partial charge is 0.380 e. The summed E-state index contributed by atoms with van der Waals surface area (Å²) in [5.74, 6) is 5.60. The van der Waals surface area contributed by atoms with E-state index in [1.54, 1.807) is 0 Å². The Kier molecular flexibility index (Phi) is 3.14. The summed E-state index contributed by atoms with van der Waals surface area (Å²) in [5.41, 5.74) is 2.71. The van der Waals surface area contributed by atoms with E-state index >= 15 is 0 Å². The molecule has 1 aromatic rings. The van der Waals surface area contributed by atoms with Crippen molar-refractivity contribution in [1.29, 1.82) is 0 Å². The molecule has 0 bridgehead atoms. The third kappa shape index (κ3) is 1.95. The van der Waals surface area contributed by atoms with Crippen LogP contribution in [0.15, 0.2) is 24.3 Å². The molecule has 3 nitrogen and oxygen atoms in total. The Balaban J connectivity index is 2.11. The Hall–Kier alpha value is -0.900. The molecule has 1 heterocycles. The van der Waals surface area contributed by atoms with Gasteiger partial charge in [0.25, 0.3) is 0 Å². The Morgan fingerprint density at radius 2 is 2.14 bits per heavy atom. The molecule has 0 aliphatic carbocycles. The van der Waals surface area contributed by atoms with Gasteiger partial charge in [0.15, 0.2) is 0 Å². The van der Waals surface area contributed by atoms with Gasteiger partial charge in [0.1, 0.15) is 0 Å². The van der Waals surface area contributed by atoms with Crippen molar-refractivity contribution >= 4 is 0 Å². The lowest BCUT2D eigenvalue weighted by atomic mass is 9.92. The standard InChI is InChI=1S/C11H15NO2/c12-14-6-5-9-3-1-2-4-11(9)10-7-13-8-10/h1-4,10H,5-8,12H2. The van der Waals surface area contributed by atoms with Crippen LogP contribution in [0.2, 0.25) is 0 Å². The lowest BCUT2D eigenvalue weighted by molar-refractivity contribution is 0.00793. The quantitative estimate of drug-likeness (QED) is 0.731. The maximum absolute atomic E-state index is 5.19. The van der Waals surface area contributed by atoms with Gasteiger partial charge in [-0.15, -0.1) is 0 Å². The predicted molar refractivity (Wildman–Crippen MR) is 53.8 cm³/mol. The molecule has 1 aromatic carbocycles. The van der Waals surface area contributed by atoms with Gasteiger partial charge >= 0.3 is 0 Å². The van der Waals surface area contributed by atoms with Crippen molar-refractivity contribution in [1.82, 2.24) is 0 Å². The van der Waals surface area contributed by atoms with Crippen LogP contribution >= 0.6 is 0 Å². The fraction of sp³-hybridized carbons (Fsp3) is 0.455. The van der Waals surface area contributed by atoms with Crippen molar-refractivity contribution in [3.05, 3.63) is 35.4 Å². The summed E-state index contributed by atoms with van der Waals surface area (Å²) in [6.45, 7) is 2.27. The average Bonchev–Trinajstić information content (AvgIpc) is 2.14. The van der Waals surface area contributed by atoms with Gasteiger partial charge in [-0.1, -0.05) is 24.3 Å². The number of rotatable bonds is 4. The van der Waals surface area contributed by atoms with Gasteiger partial charge in [-0.05, 0) is 17.5 Å². The van der Waals surface area contributed by atoms with E-state index < -0.39 is 0 Å². The SMILES string of the molecule is NOCCc1ccccc1C1COC1. The van der Waals surface area contributed by atoms with Crippen LogP contribution in [0.1, 0.15) is 17.0 Å². The van der Waals surface area contributed by atoms with Gasteiger partial charge in [0.2, 0.25) is 0 Å². The monoisotopic (exact) mass is 193 g/mol. The van der Waals surface area contributed by atoms with E-state index in [0.717, 1.165) is 19.6 Å². The Morgan fingerprint density at radius 3 is 2.79 bits per heavy atom. The third-order valence-electron chi connectivity index (χ3n) is 2.62. The first-order valence-electron chi connectivity index (χ1n) is 4.89. The molecule has 0 radical (unpaired) electrons. The van der Waals surface area contributed by atoms with Crippen LogP contribution in [-0.2, 0) is 16.0 Å². The highest BCUT2D eigenvalue weighted by Crippen LogP contribution is 2.27. The molecule has 0 amide bonds. The van der Waals surface area contributed by atoms with Crippen molar-refractivity contribution in [2.45, 2.75) is 12.3 Å². The first kappa shape index (κ1) is 9.65. The summed E-state index contributed by atoms with van der Waals surface area (Å²) < 4.78 is 5.19. The van der Waals surface area contributed by atoms with Gasteiger partial charge in [-0.2, -0.15) is 0 Å². The molecule has 0 atom stereocenters. The fourth-order valence-electron chi connectivity index (χ4n) is 1.74. The van der Waals surface area contributed by atoms with Crippen molar-refractivity contribution in [2.24, 2.45) is 5.90 Å². The minimum absolute atomic E-state index is 0.573. The molecule has 3 heteroatoms. The molecule has 2 N–H and O–H groups in total. The van der Waals surface area contributed by atoms with Crippen molar-refractivity contribution in [3.63, 3.8) is 0 Å². The zero-order chi connectivity index (χ0) is 9.80. The summed E-state index contributed by atoms with van der Waals surface area (Å²) in [7, 11) is 0. The molecule has 0 unspecified atom stereocenters. The molecule has 2 rings (SSSR count). The van der Waals surface area contributed by atoms with E-state index in [9.17, 15) is 0 Å². The van der Waals surface area contributed by atoms with E-state index in [1.807, 2.05) is 0 Å². The summed E-state index contributed by atoms with van der Waals surface area (Å²) in [4.78, 5) is 4.60. The zero-order valence-electron chi connectivity index (χ0n) is 8.11. The number of benzene rings is 1. The predicted octanol–water partition coefficient (Wildman–Crippen LogP) is 1.23. The van der Waals surface area contributed by atoms with Crippen molar-refractivity contribution in [2.75, 3.05) is 19.8 Å². The van der Waals surface area contributed by atoms with Crippen LogP contribution in [0.4, 0.5) is 0 Å². The molecule has 0 aromatic heterocycles. The highest BCUT2D eigenvalue weighted by molar-refractivity contribution is 5.31. The maximum atomic E-state index is 5.19. The minimum atomic E-state index is 0.573. The Bertz CT molecular complexity index is 297. The lowest BCUT2D eigenvalue weighted by Gasteiger charge is -2.28. The molecule has 1 aliphatic rings. The molecule has 1 fully saturated rings. The van der Waals surface area contributed by atoms with Crippen LogP contribution in [0.3, 0.4) is 0 Å². The van der Waals surface area contributed by atoms with E-state index in [1.165, 1.54) is 11.1 Å². The van der Waals surface area contributed by atoms with E-state index in [4.69, 9.17) is 10.6 Å². The number of nitrogens with two attached hydrogens (primary N) is 1. The van der Waals surface area contributed by atoms with E-state index in [2.05, 4.69) is 29.1 Å². The van der Waals surface area contributed by atoms with E-state index in [-0.39, 0.29) is 0 Å². The average molecular weight is 193 g/mol. The lowest BCUT2D eigenvalue weighted by Crippen LogP contribution is -2.26. The topological polar surface area (TPSA) is 44.5 Å². The van der Waals surface area contributed by atoms with Crippen molar-refractivity contribution < 1.29 is 9.57 Å². The Labute approximate surface area is 83.8 Å².